The first-order valence-corrected chi connectivity index (χ1v) is 10.6. The fourth-order valence-electron chi connectivity index (χ4n) is 2.28. The number of benzene rings is 2. The highest BCUT2D eigenvalue weighted by molar-refractivity contribution is 8.67. The minimum Gasteiger partial charge on any atom is -0.508 e. The second-order valence-electron chi connectivity index (χ2n) is 5.39. The maximum absolute atomic E-state index is 12.5. The maximum Gasteiger partial charge on any atom is 0.343 e. The van der Waals surface area contributed by atoms with E-state index in [4.69, 9.17) is 0 Å². The zero-order valence-electron chi connectivity index (χ0n) is 13.0. The van der Waals surface area contributed by atoms with Crippen molar-refractivity contribution >= 4 is 34.5 Å². The van der Waals surface area contributed by atoms with Gasteiger partial charge in [0.2, 0.25) is 0 Å². The number of anilines is 1. The van der Waals surface area contributed by atoms with Crippen LogP contribution in [0.1, 0.15) is 5.56 Å². The third-order valence-electron chi connectivity index (χ3n) is 3.52. The average molecular weight is 378 g/mol. The molecule has 2 aromatic carbocycles. The normalized spacial score (nSPS) is 12.2. The van der Waals surface area contributed by atoms with Gasteiger partial charge in [0.1, 0.15) is 5.75 Å². The highest BCUT2D eigenvalue weighted by Crippen LogP contribution is 2.29. The van der Waals surface area contributed by atoms with E-state index in [2.05, 4.69) is 4.98 Å². The second-order valence-corrected chi connectivity index (χ2v) is 10.5. The molecular formula is C16H14N2O5S2. The predicted octanol–water partition coefficient (Wildman–Crippen LogP) is 2.38. The summed E-state index contributed by atoms with van der Waals surface area (Å²) in [4.78, 5) is 3.70. The van der Waals surface area contributed by atoms with Crippen LogP contribution >= 0.6 is 0 Å². The van der Waals surface area contributed by atoms with Crippen LogP contribution in [-0.4, -0.2) is 26.9 Å². The van der Waals surface area contributed by atoms with Crippen molar-refractivity contribution < 1.29 is 21.9 Å². The summed E-state index contributed by atoms with van der Waals surface area (Å²) in [5.41, 5.74) is 0.904. The van der Waals surface area contributed by atoms with Crippen molar-refractivity contribution in [3.05, 3.63) is 60.3 Å². The van der Waals surface area contributed by atoms with E-state index in [1.807, 2.05) is 4.72 Å². The minimum absolute atomic E-state index is 0.119. The molecule has 1 aromatic heterocycles. The first kappa shape index (κ1) is 17.2. The Labute approximate surface area is 144 Å². The zero-order valence-corrected chi connectivity index (χ0v) is 14.7. The number of phenols is 1. The lowest BCUT2D eigenvalue weighted by atomic mass is 10.2. The number of nitrogens with zero attached hydrogens (tertiary/aromatic N) is 1. The van der Waals surface area contributed by atoms with E-state index in [-0.39, 0.29) is 21.8 Å². The average Bonchev–Trinajstić information content (AvgIpc) is 2.54. The summed E-state index contributed by atoms with van der Waals surface area (Å²) in [7, 11) is -9.50. The van der Waals surface area contributed by atoms with Crippen molar-refractivity contribution in [2.75, 3.05) is 4.72 Å². The Morgan fingerprint density at radius 3 is 2.36 bits per heavy atom. The van der Waals surface area contributed by atoms with Gasteiger partial charge in [0.15, 0.2) is 0 Å². The summed E-state index contributed by atoms with van der Waals surface area (Å²) in [5.74, 6) is -0.217. The molecule has 0 saturated heterocycles. The fraction of sp³-hybridized carbons (Fsp3) is 0.0625. The summed E-state index contributed by atoms with van der Waals surface area (Å²) < 4.78 is 51.8. The molecule has 2 N–H and O–H groups in total. The van der Waals surface area contributed by atoms with E-state index >= 15 is 0 Å². The van der Waals surface area contributed by atoms with Gasteiger partial charge in [0.25, 0.3) is 8.87 Å². The number of aromatic nitrogens is 1. The number of fused-ring (bicyclic) bond motifs is 1. The summed E-state index contributed by atoms with van der Waals surface area (Å²) >= 11 is 0. The molecule has 0 fully saturated rings. The molecule has 3 rings (SSSR count). The van der Waals surface area contributed by atoms with Gasteiger partial charge in [-0.25, -0.2) is 8.42 Å². The lowest BCUT2D eigenvalue weighted by molar-refractivity contribution is 0.476. The summed E-state index contributed by atoms with van der Waals surface area (Å²) in [5, 5.41) is 10.2. The van der Waals surface area contributed by atoms with E-state index in [0.717, 1.165) is 11.6 Å². The molecule has 3 aromatic rings. The van der Waals surface area contributed by atoms with E-state index in [1.165, 1.54) is 36.5 Å². The molecule has 0 aliphatic carbocycles. The van der Waals surface area contributed by atoms with Crippen LogP contribution in [0.25, 0.3) is 10.9 Å². The second kappa shape index (κ2) is 6.01. The van der Waals surface area contributed by atoms with E-state index in [9.17, 15) is 21.9 Å². The minimum atomic E-state index is -4.82. The first-order chi connectivity index (χ1) is 11.7. The van der Waals surface area contributed by atoms with Gasteiger partial charge in [-0.3, -0.25) is 9.71 Å². The number of hydrogen-bond acceptors (Lipinski definition) is 6. The van der Waals surface area contributed by atoms with Crippen LogP contribution < -0.4 is 4.72 Å². The summed E-state index contributed by atoms with van der Waals surface area (Å²) in [6, 6.07) is 11.2. The highest BCUT2D eigenvalue weighted by atomic mass is 33.2. The smallest absolute Gasteiger partial charge is 0.343 e. The fourth-order valence-corrected chi connectivity index (χ4v) is 5.22. The third-order valence-corrected chi connectivity index (χ3v) is 7.98. The van der Waals surface area contributed by atoms with Crippen LogP contribution in [0.3, 0.4) is 0 Å². The monoisotopic (exact) mass is 378 g/mol. The van der Waals surface area contributed by atoms with Crippen molar-refractivity contribution in [2.45, 2.75) is 11.8 Å². The number of pyridine rings is 1. The molecule has 0 radical (unpaired) electrons. The zero-order chi connectivity index (χ0) is 18.2. The lowest BCUT2D eigenvalue weighted by Gasteiger charge is -2.11. The van der Waals surface area contributed by atoms with Gasteiger partial charge in [0.05, 0.1) is 16.1 Å². The largest absolute Gasteiger partial charge is 0.508 e. The van der Waals surface area contributed by atoms with Crippen LogP contribution in [0.5, 0.6) is 5.75 Å². The quantitative estimate of drug-likeness (QED) is 0.674. The number of aromatic hydroxyl groups is 1. The Bertz CT molecular complexity index is 1150. The van der Waals surface area contributed by atoms with Gasteiger partial charge in [-0.2, -0.15) is 8.42 Å². The molecule has 130 valence electrons. The van der Waals surface area contributed by atoms with Crippen LogP contribution in [0.15, 0.2) is 59.6 Å². The summed E-state index contributed by atoms with van der Waals surface area (Å²) in [6.45, 7) is 1.76. The molecule has 0 spiro atoms. The molecule has 9 heteroatoms. The molecule has 0 unspecified atom stereocenters. The van der Waals surface area contributed by atoms with Crippen LogP contribution in [0, 0.1) is 6.92 Å². The molecule has 7 nitrogen and oxygen atoms in total. The van der Waals surface area contributed by atoms with Gasteiger partial charge in [-0.15, -0.1) is 0 Å². The van der Waals surface area contributed by atoms with E-state index < -0.39 is 17.9 Å². The number of nitrogens with one attached hydrogen (secondary N) is 1. The summed E-state index contributed by atoms with van der Waals surface area (Å²) in [6.07, 6.45) is 1.44. The maximum atomic E-state index is 12.5. The molecule has 25 heavy (non-hydrogen) atoms. The topological polar surface area (TPSA) is 113 Å². The lowest BCUT2D eigenvalue weighted by Crippen LogP contribution is -2.23. The van der Waals surface area contributed by atoms with Crippen LogP contribution in [0.4, 0.5) is 5.69 Å². The third kappa shape index (κ3) is 3.15. The van der Waals surface area contributed by atoms with Gasteiger partial charge < -0.3 is 5.11 Å². The molecule has 0 aliphatic heterocycles. The first-order valence-electron chi connectivity index (χ1n) is 7.13. The molecule has 0 amide bonds. The molecule has 0 saturated carbocycles. The number of aryl methyl sites for hydroxylation is 1. The SMILES string of the molecule is Cc1ccc(S(=O)(=O)S(=O)(=O)Nc2cc(O)cc3cccnc23)cc1. The Morgan fingerprint density at radius 2 is 1.68 bits per heavy atom. The highest BCUT2D eigenvalue weighted by Gasteiger charge is 2.32. The van der Waals surface area contributed by atoms with Gasteiger partial charge in [-0.05, 0) is 31.2 Å². The van der Waals surface area contributed by atoms with E-state index in [0.29, 0.717) is 5.39 Å². The Kier molecular flexibility index (Phi) is 4.13. The molecule has 0 atom stereocenters. The number of rotatable bonds is 4. The van der Waals surface area contributed by atoms with Gasteiger partial charge >= 0.3 is 9.06 Å². The van der Waals surface area contributed by atoms with Crippen molar-refractivity contribution in [1.82, 2.24) is 4.98 Å². The van der Waals surface area contributed by atoms with Crippen LogP contribution in [0.2, 0.25) is 0 Å². The Balaban J connectivity index is 2.09. The Morgan fingerprint density at radius 1 is 1.00 bits per heavy atom. The molecule has 1 heterocycles. The van der Waals surface area contributed by atoms with Gasteiger partial charge in [0, 0.05) is 17.6 Å². The van der Waals surface area contributed by atoms with Crippen molar-refractivity contribution in [3.63, 3.8) is 0 Å². The predicted molar refractivity (Wildman–Crippen MR) is 94.3 cm³/mol. The molecule has 0 bridgehead atoms. The van der Waals surface area contributed by atoms with Crippen molar-refractivity contribution in [2.24, 2.45) is 0 Å². The van der Waals surface area contributed by atoms with Crippen molar-refractivity contribution in [3.8, 4) is 5.75 Å². The number of phenolic OH excluding ortho intramolecular Hbond substituents is 1. The van der Waals surface area contributed by atoms with Crippen molar-refractivity contribution in [1.29, 1.82) is 0 Å². The van der Waals surface area contributed by atoms with Gasteiger partial charge in [-0.1, -0.05) is 23.8 Å². The standard InChI is InChI=1S/C16H14N2O5S2/c1-11-4-6-14(7-5-11)24(20,21)25(22,23)18-15-10-13(19)9-12-3-2-8-17-16(12)15/h2-10,18-19H,1H3. The number of hydrogen-bond donors (Lipinski definition) is 2. The van der Waals surface area contributed by atoms with Crippen LogP contribution in [-0.2, 0) is 17.9 Å². The molecular weight excluding hydrogens is 364 g/mol. The molecule has 0 aliphatic rings. The Hall–Kier alpha value is -2.65. The van der Waals surface area contributed by atoms with E-state index in [1.54, 1.807) is 19.1 Å².